The van der Waals surface area contributed by atoms with Gasteiger partial charge in [0.25, 0.3) is 0 Å². The van der Waals surface area contributed by atoms with Crippen LogP contribution < -0.4 is 5.73 Å². The fraction of sp³-hybridized carbons (Fsp3) is 0.391. The zero-order valence-corrected chi connectivity index (χ0v) is 18.7. The first-order chi connectivity index (χ1) is 16.5. The van der Waals surface area contributed by atoms with Crippen molar-refractivity contribution in [3.8, 4) is 22.6 Å². The van der Waals surface area contributed by atoms with Crippen LogP contribution in [0.25, 0.3) is 28.3 Å². The maximum absolute atomic E-state index is 12.2. The highest BCUT2D eigenvalue weighted by molar-refractivity contribution is 5.79. The van der Waals surface area contributed by atoms with Gasteiger partial charge in [-0.05, 0) is 31.7 Å². The zero-order valence-electron chi connectivity index (χ0n) is 18.7. The summed E-state index contributed by atoms with van der Waals surface area (Å²) < 4.78 is 3.28. The average Bonchev–Trinajstić information content (AvgIpc) is 3.54. The minimum absolute atomic E-state index is 0.143. The van der Waals surface area contributed by atoms with Gasteiger partial charge in [0.1, 0.15) is 24.4 Å². The lowest BCUT2D eigenvalue weighted by molar-refractivity contribution is -0.138. The lowest BCUT2D eigenvalue weighted by Crippen LogP contribution is -2.47. The first-order valence-electron chi connectivity index (χ1n) is 11.4. The van der Waals surface area contributed by atoms with Gasteiger partial charge in [-0.2, -0.15) is 9.61 Å². The Balaban J connectivity index is 1.32. The van der Waals surface area contributed by atoms with E-state index in [1.807, 2.05) is 30.1 Å². The van der Waals surface area contributed by atoms with Gasteiger partial charge in [-0.3, -0.25) is 14.5 Å². The molecule has 2 aliphatic heterocycles. The third kappa shape index (κ3) is 3.31. The van der Waals surface area contributed by atoms with Gasteiger partial charge in [0.15, 0.2) is 11.5 Å². The highest BCUT2D eigenvalue weighted by Crippen LogP contribution is 2.43. The number of hydrogen-bond acceptors (Lipinski definition) is 8. The largest absolute Gasteiger partial charge is 0.387 e. The van der Waals surface area contributed by atoms with E-state index in [-0.39, 0.29) is 23.9 Å². The number of nitrogen functional groups attached to an aromatic ring is 1. The summed E-state index contributed by atoms with van der Waals surface area (Å²) in [6.45, 7) is -0.433. The molecule has 11 nitrogen and oxygen atoms in total. The van der Waals surface area contributed by atoms with Crippen molar-refractivity contribution in [1.29, 1.82) is 0 Å². The molecular weight excluding hydrogens is 434 g/mol. The number of anilines is 1. The Morgan fingerprint density at radius 2 is 1.97 bits per heavy atom. The van der Waals surface area contributed by atoms with Crippen molar-refractivity contribution in [3.05, 3.63) is 42.6 Å². The Bertz CT molecular complexity index is 1360. The molecule has 174 valence electrons. The number of carbonyl (C=O) groups is 1. The molecule has 1 amide bonds. The third-order valence-corrected chi connectivity index (χ3v) is 7.00. The van der Waals surface area contributed by atoms with Crippen LogP contribution in [-0.4, -0.2) is 69.0 Å². The van der Waals surface area contributed by atoms with Crippen molar-refractivity contribution < 1.29 is 9.90 Å². The standard InChI is InChI=1S/C23H25N9O2/c1-30-12-26-22(29-30)18-5-2-13(9-25-18)17-10-27-32-20(24)8-19(28-23(17)32)14-6-15-3-4-16(7-14)31(15)21(34)11-33/h2,5,8-10,12,14-16,33H,3-4,6-7,11,24H2,1H3/t14?,15-,16+. The number of aryl methyl sites for hydroxylation is 1. The van der Waals surface area contributed by atoms with Crippen LogP contribution in [0.5, 0.6) is 0 Å². The Morgan fingerprint density at radius 1 is 1.18 bits per heavy atom. The molecule has 0 saturated carbocycles. The predicted molar refractivity (Wildman–Crippen MR) is 123 cm³/mol. The van der Waals surface area contributed by atoms with E-state index in [4.69, 9.17) is 10.7 Å². The second-order valence-corrected chi connectivity index (χ2v) is 9.09. The lowest BCUT2D eigenvalue weighted by Gasteiger charge is -2.38. The minimum atomic E-state index is -0.433. The molecule has 0 aromatic carbocycles. The summed E-state index contributed by atoms with van der Waals surface area (Å²) in [6.07, 6.45) is 8.73. The molecule has 0 aliphatic carbocycles. The molecule has 0 spiro atoms. The van der Waals surface area contributed by atoms with Crippen LogP contribution in [0.2, 0.25) is 0 Å². The van der Waals surface area contributed by atoms with Crippen LogP contribution in [0.4, 0.5) is 5.82 Å². The summed E-state index contributed by atoms with van der Waals surface area (Å²) in [4.78, 5) is 27.8. The van der Waals surface area contributed by atoms with E-state index in [2.05, 4.69) is 20.2 Å². The number of carbonyl (C=O) groups excluding carboxylic acids is 1. The Hall–Kier alpha value is -3.86. The van der Waals surface area contributed by atoms with Crippen molar-refractivity contribution in [2.24, 2.45) is 7.05 Å². The van der Waals surface area contributed by atoms with Gasteiger partial charge < -0.3 is 15.7 Å². The van der Waals surface area contributed by atoms with E-state index in [0.29, 0.717) is 23.0 Å². The number of aromatic nitrogens is 7. The molecule has 3 atom stereocenters. The number of aliphatic hydroxyl groups is 1. The molecule has 6 heterocycles. The molecule has 2 saturated heterocycles. The summed E-state index contributed by atoms with van der Waals surface area (Å²) in [5, 5.41) is 18.1. The topological polar surface area (TPSA) is 140 Å². The van der Waals surface area contributed by atoms with Gasteiger partial charge in [0.2, 0.25) is 5.91 Å². The van der Waals surface area contributed by atoms with Crippen LogP contribution >= 0.6 is 0 Å². The molecule has 1 unspecified atom stereocenters. The highest BCUT2D eigenvalue weighted by atomic mass is 16.3. The first kappa shape index (κ1) is 20.7. The average molecular weight is 460 g/mol. The fourth-order valence-electron chi connectivity index (χ4n) is 5.47. The van der Waals surface area contributed by atoms with Crippen LogP contribution in [-0.2, 0) is 11.8 Å². The van der Waals surface area contributed by atoms with Gasteiger partial charge in [0, 0.05) is 54.1 Å². The van der Waals surface area contributed by atoms with E-state index in [0.717, 1.165) is 42.5 Å². The smallest absolute Gasteiger partial charge is 0.248 e. The number of nitrogens with zero attached hydrogens (tertiary/aromatic N) is 8. The third-order valence-electron chi connectivity index (χ3n) is 7.00. The number of pyridine rings is 1. The van der Waals surface area contributed by atoms with E-state index in [9.17, 15) is 9.90 Å². The Labute approximate surface area is 195 Å². The molecule has 3 N–H and O–H groups in total. The van der Waals surface area contributed by atoms with E-state index in [1.54, 1.807) is 27.9 Å². The number of fused-ring (bicyclic) bond motifs is 3. The Morgan fingerprint density at radius 3 is 2.62 bits per heavy atom. The molecule has 6 rings (SSSR count). The maximum Gasteiger partial charge on any atom is 0.248 e. The molecule has 2 fully saturated rings. The molecular formula is C23H25N9O2. The second-order valence-electron chi connectivity index (χ2n) is 9.09. The molecule has 2 bridgehead atoms. The first-order valence-corrected chi connectivity index (χ1v) is 11.4. The SMILES string of the molecule is Cn1cnc(-c2ccc(-c3cnn4c(N)cc(C5C[C@H]6CC[C@@H](C5)N6C(=O)CO)nc34)cn2)n1. The van der Waals surface area contributed by atoms with Crippen molar-refractivity contribution >= 4 is 17.4 Å². The number of rotatable bonds is 4. The van der Waals surface area contributed by atoms with Gasteiger partial charge >= 0.3 is 0 Å². The van der Waals surface area contributed by atoms with Gasteiger partial charge in [-0.25, -0.2) is 9.97 Å². The van der Waals surface area contributed by atoms with Crippen LogP contribution in [0, 0.1) is 0 Å². The quantitative estimate of drug-likeness (QED) is 0.467. The lowest BCUT2D eigenvalue weighted by atomic mass is 9.87. The van der Waals surface area contributed by atoms with Gasteiger partial charge in [0.05, 0.1) is 6.20 Å². The number of piperidine rings is 1. The maximum atomic E-state index is 12.2. The molecule has 11 heteroatoms. The molecule has 4 aromatic heterocycles. The van der Waals surface area contributed by atoms with Crippen LogP contribution in [0.1, 0.15) is 37.3 Å². The summed E-state index contributed by atoms with van der Waals surface area (Å²) in [6, 6.07) is 6.02. The number of nitrogens with two attached hydrogens (primary N) is 1. The van der Waals surface area contributed by atoms with Crippen LogP contribution in [0.15, 0.2) is 36.9 Å². The van der Waals surface area contributed by atoms with Gasteiger partial charge in [-0.15, -0.1) is 5.10 Å². The molecule has 34 heavy (non-hydrogen) atoms. The highest BCUT2D eigenvalue weighted by Gasteiger charge is 2.43. The Kier molecular flexibility index (Phi) is 4.80. The molecule has 0 radical (unpaired) electrons. The number of hydrogen-bond donors (Lipinski definition) is 2. The normalized spacial score (nSPS) is 21.9. The summed E-state index contributed by atoms with van der Waals surface area (Å²) in [7, 11) is 1.82. The summed E-state index contributed by atoms with van der Waals surface area (Å²) in [5.74, 6) is 1.11. The second kappa shape index (κ2) is 7.87. The van der Waals surface area contributed by atoms with Crippen molar-refractivity contribution in [1.82, 2.24) is 39.2 Å². The van der Waals surface area contributed by atoms with Crippen molar-refractivity contribution in [2.75, 3.05) is 12.3 Å². The number of aliphatic hydroxyl groups excluding tert-OH is 1. The van der Waals surface area contributed by atoms with Crippen LogP contribution in [0.3, 0.4) is 0 Å². The van der Waals surface area contributed by atoms with E-state index >= 15 is 0 Å². The predicted octanol–water partition coefficient (Wildman–Crippen LogP) is 1.40. The van der Waals surface area contributed by atoms with Crippen molar-refractivity contribution in [2.45, 2.75) is 43.7 Å². The zero-order chi connectivity index (χ0) is 23.4. The molecule has 4 aromatic rings. The molecule has 2 aliphatic rings. The summed E-state index contributed by atoms with van der Waals surface area (Å²) in [5.41, 5.74) is 10.4. The van der Waals surface area contributed by atoms with E-state index in [1.165, 1.54) is 0 Å². The van der Waals surface area contributed by atoms with E-state index < -0.39 is 6.61 Å². The fourth-order valence-corrected chi connectivity index (χ4v) is 5.47. The van der Waals surface area contributed by atoms with Crippen molar-refractivity contribution in [3.63, 3.8) is 0 Å². The minimum Gasteiger partial charge on any atom is -0.387 e. The summed E-state index contributed by atoms with van der Waals surface area (Å²) >= 11 is 0. The number of amides is 1. The monoisotopic (exact) mass is 459 g/mol. The van der Waals surface area contributed by atoms with Gasteiger partial charge in [-0.1, -0.05) is 6.07 Å².